The van der Waals surface area contributed by atoms with Crippen LogP contribution in [-0.2, 0) is 11.2 Å². The normalized spacial score (nSPS) is 11.5. The van der Waals surface area contributed by atoms with Gasteiger partial charge in [0.25, 0.3) is 5.91 Å². The molecule has 0 radical (unpaired) electrons. The smallest absolute Gasteiger partial charge is 0.256 e. The summed E-state index contributed by atoms with van der Waals surface area (Å²) in [6, 6.07) is 17.7. The molecule has 5 N–H and O–H groups in total. The highest BCUT2D eigenvalue weighted by Crippen LogP contribution is 2.24. The quantitative estimate of drug-likeness (QED) is 0.502. The number of carbonyl (C=O) groups is 1. The Balaban J connectivity index is 0.00000208. The summed E-state index contributed by atoms with van der Waals surface area (Å²) in [6.45, 7) is 0. The van der Waals surface area contributed by atoms with Crippen LogP contribution in [0.4, 0.5) is 0 Å². The van der Waals surface area contributed by atoms with E-state index in [1.165, 1.54) is 0 Å². The number of fused-ring (bicyclic) bond motifs is 1. The van der Waals surface area contributed by atoms with Gasteiger partial charge in [0, 0.05) is 11.7 Å². The van der Waals surface area contributed by atoms with Crippen LogP contribution in [0.3, 0.4) is 0 Å². The van der Waals surface area contributed by atoms with Crippen molar-refractivity contribution >= 4 is 35.2 Å². The number of carbonyl (C=O) groups excluding carboxylic acids is 1. The third kappa shape index (κ3) is 3.94. The minimum atomic E-state index is -0.411. The summed E-state index contributed by atoms with van der Waals surface area (Å²) in [7, 11) is 0. The van der Waals surface area contributed by atoms with Crippen molar-refractivity contribution in [3.05, 3.63) is 71.9 Å². The van der Waals surface area contributed by atoms with Gasteiger partial charge in [-0.05, 0) is 35.1 Å². The Labute approximate surface area is 146 Å². The maximum absolute atomic E-state index is 12.4. The molecule has 0 aliphatic heterocycles. The predicted molar refractivity (Wildman–Crippen MR) is 99.3 cm³/mol. The highest BCUT2D eigenvalue weighted by Gasteiger charge is 2.21. The summed E-state index contributed by atoms with van der Waals surface area (Å²) < 4.78 is 0. The molecular formula is C18H19ClN4O. The molecule has 0 saturated carbocycles. The molecule has 0 bridgehead atoms. The summed E-state index contributed by atoms with van der Waals surface area (Å²) in [5.74, 6) is -0.954. The van der Waals surface area contributed by atoms with Crippen LogP contribution in [0.25, 0.3) is 10.9 Å². The van der Waals surface area contributed by atoms with Crippen LogP contribution in [0, 0.1) is 0 Å². The van der Waals surface area contributed by atoms with Gasteiger partial charge in [-0.25, -0.2) is 0 Å². The number of hydrogen-bond acceptors (Lipinski definition) is 1. The largest absolute Gasteiger partial charge is 0.370 e. The molecule has 124 valence electrons. The van der Waals surface area contributed by atoms with Gasteiger partial charge in [-0.2, -0.15) is 4.99 Å². The number of nitrogens with zero attached hydrogens (tertiary/aromatic N) is 1. The van der Waals surface area contributed by atoms with E-state index in [-0.39, 0.29) is 24.3 Å². The van der Waals surface area contributed by atoms with E-state index < -0.39 is 5.92 Å². The van der Waals surface area contributed by atoms with Gasteiger partial charge in [0.2, 0.25) is 0 Å². The van der Waals surface area contributed by atoms with Crippen LogP contribution < -0.4 is 11.5 Å². The molecule has 0 fully saturated rings. The first-order valence-corrected chi connectivity index (χ1v) is 7.38. The highest BCUT2D eigenvalue weighted by molar-refractivity contribution is 5.95. The van der Waals surface area contributed by atoms with Crippen LogP contribution >= 0.6 is 12.4 Å². The number of amides is 1. The van der Waals surface area contributed by atoms with Gasteiger partial charge >= 0.3 is 0 Å². The summed E-state index contributed by atoms with van der Waals surface area (Å²) in [5, 5.41) is 1.14. The van der Waals surface area contributed by atoms with Crippen molar-refractivity contribution in [1.29, 1.82) is 0 Å². The molecule has 0 aliphatic carbocycles. The summed E-state index contributed by atoms with van der Waals surface area (Å²) >= 11 is 0. The Kier molecular flexibility index (Phi) is 5.60. The van der Waals surface area contributed by atoms with Gasteiger partial charge in [-0.1, -0.05) is 42.5 Å². The number of nitrogens with one attached hydrogen (secondary N) is 1. The zero-order chi connectivity index (χ0) is 16.2. The Morgan fingerprint density at radius 1 is 1.08 bits per heavy atom. The minimum absolute atomic E-state index is 0. The zero-order valence-electron chi connectivity index (χ0n) is 13.0. The number of aromatic nitrogens is 1. The van der Waals surface area contributed by atoms with Crippen LogP contribution in [0.2, 0.25) is 0 Å². The number of H-pyrrole nitrogens is 1. The fraction of sp³-hybridized carbons (Fsp3) is 0.111. The molecule has 1 atom stereocenters. The number of benzene rings is 2. The fourth-order valence-electron chi connectivity index (χ4n) is 2.70. The van der Waals surface area contributed by atoms with Gasteiger partial charge in [0.05, 0.1) is 5.92 Å². The molecule has 0 saturated heterocycles. The average molecular weight is 343 g/mol. The second kappa shape index (κ2) is 7.66. The molecular weight excluding hydrogens is 324 g/mol. The molecule has 1 aromatic heterocycles. The van der Waals surface area contributed by atoms with E-state index in [0.717, 1.165) is 22.0 Å². The van der Waals surface area contributed by atoms with Crippen molar-refractivity contribution in [1.82, 2.24) is 4.98 Å². The second-order valence-electron chi connectivity index (χ2n) is 5.44. The first kappa shape index (κ1) is 17.6. The molecule has 1 amide bonds. The maximum Gasteiger partial charge on any atom is 0.256 e. The molecule has 24 heavy (non-hydrogen) atoms. The van der Waals surface area contributed by atoms with Crippen molar-refractivity contribution in [2.45, 2.75) is 12.3 Å². The molecule has 1 heterocycles. The molecule has 2 aromatic carbocycles. The number of aromatic amines is 1. The molecule has 1 unspecified atom stereocenters. The van der Waals surface area contributed by atoms with Crippen LogP contribution in [0.15, 0.2) is 65.8 Å². The summed E-state index contributed by atoms with van der Waals surface area (Å²) in [6.07, 6.45) is 2.43. The van der Waals surface area contributed by atoms with Crippen molar-refractivity contribution in [2.75, 3.05) is 0 Å². The standard InChI is InChI=1S/C18H18N4O.ClH/c19-18(20)22-17(23)15(13-4-2-1-3-5-13)10-12-6-7-14-8-9-21-16(14)11-12;/h1-9,11,15,21H,10H2,(H4,19,20,22,23);1H. The molecule has 0 spiro atoms. The van der Waals surface area contributed by atoms with E-state index in [2.05, 4.69) is 9.98 Å². The number of aliphatic imine (C=N–C) groups is 1. The number of hydrogen-bond donors (Lipinski definition) is 3. The van der Waals surface area contributed by atoms with Gasteiger partial charge < -0.3 is 16.5 Å². The van der Waals surface area contributed by atoms with Gasteiger partial charge in [-0.15, -0.1) is 12.4 Å². The Morgan fingerprint density at radius 3 is 2.54 bits per heavy atom. The third-order valence-corrected chi connectivity index (χ3v) is 3.80. The number of halogens is 1. The van der Waals surface area contributed by atoms with Gasteiger partial charge in [0.1, 0.15) is 0 Å². The Morgan fingerprint density at radius 2 is 1.83 bits per heavy atom. The topological polar surface area (TPSA) is 97.3 Å². The molecule has 6 heteroatoms. The first-order valence-electron chi connectivity index (χ1n) is 7.38. The van der Waals surface area contributed by atoms with Gasteiger partial charge in [0.15, 0.2) is 5.96 Å². The predicted octanol–water partition coefficient (Wildman–Crippen LogP) is 2.72. The second-order valence-corrected chi connectivity index (χ2v) is 5.44. The Bertz CT molecular complexity index is 854. The maximum atomic E-state index is 12.4. The lowest BCUT2D eigenvalue weighted by Crippen LogP contribution is -2.26. The monoisotopic (exact) mass is 342 g/mol. The van der Waals surface area contributed by atoms with Crippen molar-refractivity contribution in [3.8, 4) is 0 Å². The van der Waals surface area contributed by atoms with Crippen LogP contribution in [-0.4, -0.2) is 16.9 Å². The van der Waals surface area contributed by atoms with Gasteiger partial charge in [-0.3, -0.25) is 4.79 Å². The average Bonchev–Trinajstić information content (AvgIpc) is 3.00. The SMILES string of the molecule is Cl.NC(N)=NC(=O)C(Cc1ccc2cc[nH]c2c1)c1ccccc1. The highest BCUT2D eigenvalue weighted by atomic mass is 35.5. The lowest BCUT2D eigenvalue weighted by atomic mass is 9.91. The number of rotatable bonds is 4. The first-order chi connectivity index (χ1) is 11.1. The van der Waals surface area contributed by atoms with Crippen LogP contribution in [0.1, 0.15) is 17.0 Å². The lowest BCUT2D eigenvalue weighted by molar-refractivity contribution is -0.119. The van der Waals surface area contributed by atoms with E-state index in [1.54, 1.807) is 0 Å². The van der Waals surface area contributed by atoms with E-state index in [0.29, 0.717) is 6.42 Å². The third-order valence-electron chi connectivity index (χ3n) is 3.80. The van der Waals surface area contributed by atoms with Crippen molar-refractivity contribution < 1.29 is 4.79 Å². The van der Waals surface area contributed by atoms with E-state index >= 15 is 0 Å². The molecule has 3 rings (SSSR count). The minimum Gasteiger partial charge on any atom is -0.370 e. The summed E-state index contributed by atoms with van der Waals surface area (Å²) in [4.78, 5) is 19.3. The molecule has 3 aromatic rings. The van der Waals surface area contributed by atoms with E-state index in [4.69, 9.17) is 11.5 Å². The van der Waals surface area contributed by atoms with Crippen LogP contribution in [0.5, 0.6) is 0 Å². The zero-order valence-corrected chi connectivity index (χ0v) is 13.8. The molecule has 5 nitrogen and oxygen atoms in total. The fourth-order valence-corrected chi connectivity index (χ4v) is 2.70. The Hall–Kier alpha value is -2.79. The number of nitrogens with two attached hydrogens (primary N) is 2. The van der Waals surface area contributed by atoms with Crippen molar-refractivity contribution in [3.63, 3.8) is 0 Å². The lowest BCUT2D eigenvalue weighted by Gasteiger charge is -2.14. The number of guanidine groups is 1. The van der Waals surface area contributed by atoms with Crippen molar-refractivity contribution in [2.24, 2.45) is 16.5 Å². The molecule has 0 aliphatic rings. The van der Waals surface area contributed by atoms with E-state index in [1.807, 2.05) is 60.8 Å². The van der Waals surface area contributed by atoms with E-state index in [9.17, 15) is 4.79 Å². The summed E-state index contributed by atoms with van der Waals surface area (Å²) in [5.41, 5.74) is 13.7.